The van der Waals surface area contributed by atoms with Crippen molar-refractivity contribution < 1.29 is 14.2 Å². The number of allylic oxidation sites excluding steroid dienone is 3. The summed E-state index contributed by atoms with van der Waals surface area (Å²) in [4.78, 5) is 0. The highest BCUT2D eigenvalue weighted by molar-refractivity contribution is 5.49. The standard InChI is InChI=1S/C13H19N3O3/c1-17-10-4-3-8-9(16-6-5-14)7-11(15)19-12(8)13(10)18-2/h4,7,16H,3,5-6,14-15H2,1-2H3. The third-order valence-electron chi connectivity index (χ3n) is 2.91. The number of fused-ring (bicyclic) bond motifs is 1. The number of hydrogen-bond donors (Lipinski definition) is 3. The first-order chi connectivity index (χ1) is 9.21. The van der Waals surface area contributed by atoms with Crippen LogP contribution in [-0.4, -0.2) is 27.3 Å². The minimum Gasteiger partial charge on any atom is -0.493 e. The molecule has 2 aliphatic rings. The lowest BCUT2D eigenvalue weighted by atomic mass is 9.99. The molecule has 0 spiro atoms. The van der Waals surface area contributed by atoms with Crippen molar-refractivity contribution in [3.63, 3.8) is 0 Å². The van der Waals surface area contributed by atoms with Crippen LogP contribution in [0.2, 0.25) is 0 Å². The maximum Gasteiger partial charge on any atom is 0.204 e. The van der Waals surface area contributed by atoms with Crippen LogP contribution in [0.1, 0.15) is 6.42 Å². The van der Waals surface area contributed by atoms with Crippen LogP contribution < -0.4 is 16.8 Å². The summed E-state index contributed by atoms with van der Waals surface area (Å²) in [5, 5.41) is 3.24. The van der Waals surface area contributed by atoms with Gasteiger partial charge in [-0.15, -0.1) is 0 Å². The highest BCUT2D eigenvalue weighted by Crippen LogP contribution is 2.36. The maximum absolute atomic E-state index is 5.79. The topological polar surface area (TPSA) is 91.8 Å². The van der Waals surface area contributed by atoms with E-state index in [-0.39, 0.29) is 0 Å². The van der Waals surface area contributed by atoms with Gasteiger partial charge in [0.05, 0.1) is 14.2 Å². The van der Waals surface area contributed by atoms with E-state index in [1.54, 1.807) is 20.3 Å². The van der Waals surface area contributed by atoms with E-state index in [4.69, 9.17) is 25.7 Å². The lowest BCUT2D eigenvalue weighted by molar-refractivity contribution is 0.185. The van der Waals surface area contributed by atoms with E-state index in [0.717, 1.165) is 11.3 Å². The van der Waals surface area contributed by atoms with Crippen molar-refractivity contribution in [3.05, 3.63) is 46.6 Å². The fraction of sp³-hybridized carbons (Fsp3) is 0.385. The Balaban J connectivity index is 2.42. The van der Waals surface area contributed by atoms with Crippen molar-refractivity contribution in [1.82, 2.24) is 5.32 Å². The van der Waals surface area contributed by atoms with Crippen LogP contribution in [0.4, 0.5) is 0 Å². The number of nitrogens with two attached hydrogens (primary N) is 2. The number of rotatable bonds is 5. The molecule has 1 aliphatic heterocycles. The Kier molecular flexibility index (Phi) is 4.01. The molecule has 0 radical (unpaired) electrons. The summed E-state index contributed by atoms with van der Waals surface area (Å²) >= 11 is 0. The molecule has 0 bridgehead atoms. The average molecular weight is 265 g/mol. The van der Waals surface area contributed by atoms with E-state index in [1.165, 1.54) is 0 Å². The Bertz CT molecular complexity index is 489. The summed E-state index contributed by atoms with van der Waals surface area (Å²) in [7, 11) is 3.17. The molecule has 0 fully saturated rings. The summed E-state index contributed by atoms with van der Waals surface area (Å²) in [5.41, 5.74) is 13.2. The Morgan fingerprint density at radius 1 is 1.37 bits per heavy atom. The molecule has 0 saturated heterocycles. The van der Waals surface area contributed by atoms with Crippen LogP contribution in [0, 0.1) is 0 Å². The fourth-order valence-corrected chi connectivity index (χ4v) is 2.08. The van der Waals surface area contributed by atoms with Crippen molar-refractivity contribution in [2.75, 3.05) is 27.3 Å². The monoisotopic (exact) mass is 265 g/mol. The molecule has 0 saturated carbocycles. The van der Waals surface area contributed by atoms with Gasteiger partial charge in [-0.2, -0.15) is 0 Å². The molecule has 1 heterocycles. The number of nitrogens with one attached hydrogen (secondary N) is 1. The summed E-state index contributed by atoms with van der Waals surface area (Å²) in [6, 6.07) is 0. The van der Waals surface area contributed by atoms with Crippen molar-refractivity contribution in [3.8, 4) is 0 Å². The van der Waals surface area contributed by atoms with E-state index in [2.05, 4.69) is 5.32 Å². The van der Waals surface area contributed by atoms with Gasteiger partial charge in [0, 0.05) is 36.9 Å². The van der Waals surface area contributed by atoms with Crippen molar-refractivity contribution in [1.29, 1.82) is 0 Å². The van der Waals surface area contributed by atoms with Gasteiger partial charge in [0.15, 0.2) is 17.4 Å². The summed E-state index contributed by atoms with van der Waals surface area (Å²) in [5.74, 6) is 2.10. The summed E-state index contributed by atoms with van der Waals surface area (Å²) < 4.78 is 16.2. The van der Waals surface area contributed by atoms with Crippen LogP contribution in [0.15, 0.2) is 46.6 Å². The second kappa shape index (κ2) is 5.71. The SMILES string of the molecule is COC1=CCC2=C(NCCN)C=C(N)OC2=C1OC. The van der Waals surface area contributed by atoms with E-state index >= 15 is 0 Å². The molecular weight excluding hydrogens is 246 g/mol. The Morgan fingerprint density at radius 3 is 2.79 bits per heavy atom. The molecule has 0 aromatic heterocycles. The Hall–Kier alpha value is -2.08. The molecule has 0 unspecified atom stereocenters. The summed E-state index contributed by atoms with van der Waals surface area (Å²) in [6.07, 6.45) is 4.38. The third-order valence-corrected chi connectivity index (χ3v) is 2.91. The fourth-order valence-electron chi connectivity index (χ4n) is 2.08. The second-order valence-corrected chi connectivity index (χ2v) is 4.10. The first-order valence-electron chi connectivity index (χ1n) is 6.06. The minimum atomic E-state index is 0.310. The predicted molar refractivity (Wildman–Crippen MR) is 71.2 cm³/mol. The second-order valence-electron chi connectivity index (χ2n) is 4.10. The normalized spacial score (nSPS) is 18.3. The predicted octanol–water partition coefficient (Wildman–Crippen LogP) is 0.411. The number of methoxy groups -OCH3 is 2. The zero-order valence-corrected chi connectivity index (χ0v) is 11.2. The van der Waals surface area contributed by atoms with Crippen molar-refractivity contribution >= 4 is 0 Å². The highest BCUT2D eigenvalue weighted by atomic mass is 16.5. The van der Waals surface area contributed by atoms with Gasteiger partial charge < -0.3 is 31.0 Å². The van der Waals surface area contributed by atoms with Crippen LogP contribution >= 0.6 is 0 Å². The molecule has 2 rings (SSSR count). The molecule has 1 aliphatic carbocycles. The first-order valence-corrected chi connectivity index (χ1v) is 6.06. The van der Waals surface area contributed by atoms with Crippen LogP contribution in [0.3, 0.4) is 0 Å². The molecule has 6 heteroatoms. The largest absolute Gasteiger partial charge is 0.493 e. The van der Waals surface area contributed by atoms with Crippen molar-refractivity contribution in [2.24, 2.45) is 11.5 Å². The maximum atomic E-state index is 5.79. The lowest BCUT2D eigenvalue weighted by Gasteiger charge is -2.27. The zero-order chi connectivity index (χ0) is 13.8. The van der Waals surface area contributed by atoms with Crippen LogP contribution in [0.25, 0.3) is 0 Å². The van der Waals surface area contributed by atoms with E-state index in [0.29, 0.717) is 42.7 Å². The van der Waals surface area contributed by atoms with Gasteiger partial charge in [0.1, 0.15) is 0 Å². The molecule has 0 aromatic rings. The third kappa shape index (κ3) is 2.53. The van der Waals surface area contributed by atoms with Gasteiger partial charge in [-0.1, -0.05) is 0 Å². The van der Waals surface area contributed by atoms with Crippen molar-refractivity contribution in [2.45, 2.75) is 6.42 Å². The molecule has 0 amide bonds. The smallest absolute Gasteiger partial charge is 0.204 e. The lowest BCUT2D eigenvalue weighted by Crippen LogP contribution is -2.27. The van der Waals surface area contributed by atoms with Gasteiger partial charge in [0.25, 0.3) is 0 Å². The summed E-state index contributed by atoms with van der Waals surface area (Å²) in [6.45, 7) is 1.21. The minimum absolute atomic E-state index is 0.310. The first kappa shape index (κ1) is 13.4. The van der Waals surface area contributed by atoms with Gasteiger partial charge in [-0.05, 0) is 6.08 Å². The van der Waals surface area contributed by atoms with Gasteiger partial charge in [-0.25, -0.2) is 0 Å². The quantitative estimate of drug-likeness (QED) is 0.667. The highest BCUT2D eigenvalue weighted by Gasteiger charge is 2.28. The molecule has 0 aromatic carbocycles. The molecule has 0 atom stereocenters. The molecule has 19 heavy (non-hydrogen) atoms. The molecular formula is C13H19N3O3. The van der Waals surface area contributed by atoms with Gasteiger partial charge in [0.2, 0.25) is 5.76 Å². The van der Waals surface area contributed by atoms with Gasteiger partial charge >= 0.3 is 0 Å². The number of hydrogen-bond acceptors (Lipinski definition) is 6. The van der Waals surface area contributed by atoms with Gasteiger partial charge in [-0.3, -0.25) is 0 Å². The Morgan fingerprint density at radius 2 is 2.16 bits per heavy atom. The van der Waals surface area contributed by atoms with E-state index in [1.807, 2.05) is 6.08 Å². The number of ether oxygens (including phenoxy) is 3. The molecule has 5 N–H and O–H groups in total. The average Bonchev–Trinajstić information content (AvgIpc) is 2.43. The van der Waals surface area contributed by atoms with E-state index < -0.39 is 0 Å². The van der Waals surface area contributed by atoms with Crippen LogP contribution in [-0.2, 0) is 14.2 Å². The Labute approximate surface area is 112 Å². The van der Waals surface area contributed by atoms with E-state index in [9.17, 15) is 0 Å². The van der Waals surface area contributed by atoms with Crippen LogP contribution in [0.5, 0.6) is 0 Å². The molecule has 6 nitrogen and oxygen atoms in total. The zero-order valence-electron chi connectivity index (χ0n) is 11.2. The molecule has 104 valence electrons.